The Bertz CT molecular complexity index is 1220. The number of carboxylic acid groups (broad SMARTS) is 1. The van der Waals surface area contributed by atoms with Crippen LogP contribution in [0.25, 0.3) is 11.1 Å². The van der Waals surface area contributed by atoms with Gasteiger partial charge in [0, 0.05) is 17.3 Å². The molecule has 35 heavy (non-hydrogen) atoms. The predicted molar refractivity (Wildman–Crippen MR) is 132 cm³/mol. The number of carbonyl (C=O) groups excluding carboxylic acids is 2. The standard InChI is InChI=1S/C26H25N3O5S/c30-23(31)13-29(16-7-1-2-8-16)24(32)22-15-35-25(27-22)28-26(33)34-14-21-19-11-5-3-9-17(19)18-10-4-6-12-20(18)21/h3-6,9-12,15-16,21H,1-2,7-8,13-14H2,(H,30,31)(H,27,28,33). The fraction of sp³-hybridized carbons (Fsp3) is 0.308. The number of anilines is 1. The number of hydrogen-bond acceptors (Lipinski definition) is 6. The summed E-state index contributed by atoms with van der Waals surface area (Å²) < 4.78 is 5.54. The summed E-state index contributed by atoms with van der Waals surface area (Å²) in [5, 5.41) is 13.6. The molecule has 1 saturated carbocycles. The Labute approximate surface area is 206 Å². The molecule has 1 heterocycles. The number of amides is 2. The summed E-state index contributed by atoms with van der Waals surface area (Å²) in [5.74, 6) is -1.55. The number of carboxylic acids is 1. The summed E-state index contributed by atoms with van der Waals surface area (Å²) in [5.41, 5.74) is 4.65. The zero-order valence-corrected chi connectivity index (χ0v) is 19.8. The Morgan fingerprint density at radius 2 is 1.66 bits per heavy atom. The Morgan fingerprint density at radius 3 is 2.29 bits per heavy atom. The van der Waals surface area contributed by atoms with E-state index < -0.39 is 18.0 Å². The van der Waals surface area contributed by atoms with Gasteiger partial charge in [0.05, 0.1) is 0 Å². The molecule has 0 saturated heterocycles. The van der Waals surface area contributed by atoms with Crippen molar-refractivity contribution in [1.29, 1.82) is 0 Å². The summed E-state index contributed by atoms with van der Waals surface area (Å²) >= 11 is 1.10. The van der Waals surface area contributed by atoms with Crippen LogP contribution in [0, 0.1) is 0 Å². The number of benzene rings is 2. The van der Waals surface area contributed by atoms with Gasteiger partial charge < -0.3 is 14.7 Å². The molecule has 0 unspecified atom stereocenters. The van der Waals surface area contributed by atoms with Crippen LogP contribution in [0.1, 0.15) is 53.2 Å². The molecule has 2 aromatic carbocycles. The molecule has 0 spiro atoms. The van der Waals surface area contributed by atoms with Crippen LogP contribution in [-0.4, -0.2) is 52.2 Å². The minimum absolute atomic E-state index is 0.0578. The highest BCUT2D eigenvalue weighted by atomic mass is 32.1. The van der Waals surface area contributed by atoms with Crippen LogP contribution < -0.4 is 5.32 Å². The molecule has 0 aliphatic heterocycles. The van der Waals surface area contributed by atoms with Crippen LogP contribution in [0.2, 0.25) is 0 Å². The van der Waals surface area contributed by atoms with Crippen molar-refractivity contribution < 1.29 is 24.2 Å². The third-order valence-electron chi connectivity index (χ3n) is 6.61. The quantitative estimate of drug-likeness (QED) is 0.483. The number of nitrogens with one attached hydrogen (secondary N) is 1. The van der Waals surface area contributed by atoms with Crippen LogP contribution in [0.4, 0.5) is 9.93 Å². The van der Waals surface area contributed by atoms with Crippen molar-refractivity contribution in [2.45, 2.75) is 37.6 Å². The maximum Gasteiger partial charge on any atom is 0.413 e. The fourth-order valence-electron chi connectivity index (χ4n) is 5.03. The molecule has 0 radical (unpaired) electrons. The van der Waals surface area contributed by atoms with E-state index in [-0.39, 0.29) is 35.9 Å². The lowest BCUT2D eigenvalue weighted by Gasteiger charge is -2.26. The Hall–Kier alpha value is -3.72. The van der Waals surface area contributed by atoms with Crippen molar-refractivity contribution in [3.05, 3.63) is 70.7 Å². The van der Waals surface area contributed by atoms with Gasteiger partial charge in [-0.15, -0.1) is 11.3 Å². The maximum absolute atomic E-state index is 13.0. The highest BCUT2D eigenvalue weighted by Crippen LogP contribution is 2.44. The largest absolute Gasteiger partial charge is 0.480 e. The second-order valence-electron chi connectivity index (χ2n) is 8.75. The molecular formula is C26H25N3O5S. The second-order valence-corrected chi connectivity index (χ2v) is 9.61. The van der Waals surface area contributed by atoms with Gasteiger partial charge in [-0.2, -0.15) is 0 Å². The van der Waals surface area contributed by atoms with Crippen LogP contribution in [0.3, 0.4) is 0 Å². The van der Waals surface area contributed by atoms with E-state index in [0.29, 0.717) is 0 Å². The van der Waals surface area contributed by atoms with Gasteiger partial charge in [0.2, 0.25) is 0 Å². The van der Waals surface area contributed by atoms with Crippen LogP contribution in [-0.2, 0) is 9.53 Å². The van der Waals surface area contributed by atoms with Gasteiger partial charge in [-0.25, -0.2) is 9.78 Å². The zero-order valence-electron chi connectivity index (χ0n) is 19.0. The van der Waals surface area contributed by atoms with Crippen LogP contribution in [0.15, 0.2) is 53.9 Å². The maximum atomic E-state index is 13.0. The van der Waals surface area contributed by atoms with E-state index >= 15 is 0 Å². The van der Waals surface area contributed by atoms with Crippen molar-refractivity contribution in [2.24, 2.45) is 0 Å². The summed E-state index contributed by atoms with van der Waals surface area (Å²) in [4.78, 5) is 42.4. The van der Waals surface area contributed by atoms with Gasteiger partial charge in [0.1, 0.15) is 18.8 Å². The number of fused-ring (bicyclic) bond motifs is 3. The van der Waals surface area contributed by atoms with Gasteiger partial charge >= 0.3 is 12.1 Å². The van der Waals surface area contributed by atoms with E-state index in [4.69, 9.17) is 4.74 Å². The lowest BCUT2D eigenvalue weighted by molar-refractivity contribution is -0.138. The fourth-order valence-corrected chi connectivity index (χ4v) is 5.70. The number of ether oxygens (including phenoxy) is 1. The minimum Gasteiger partial charge on any atom is -0.480 e. The Kier molecular flexibility index (Phi) is 6.50. The molecule has 5 rings (SSSR count). The zero-order chi connectivity index (χ0) is 24.4. The first-order valence-corrected chi connectivity index (χ1v) is 12.5. The van der Waals surface area contributed by atoms with E-state index in [9.17, 15) is 19.5 Å². The summed E-state index contributed by atoms with van der Waals surface area (Å²) in [6, 6.07) is 16.1. The normalized spacial score (nSPS) is 14.9. The third kappa shape index (κ3) is 4.77. The van der Waals surface area contributed by atoms with Crippen molar-refractivity contribution >= 4 is 34.4 Å². The van der Waals surface area contributed by atoms with Crippen molar-refractivity contribution in [3.63, 3.8) is 0 Å². The molecule has 2 aliphatic rings. The first-order chi connectivity index (χ1) is 17.0. The molecule has 1 aromatic heterocycles. The number of hydrogen-bond donors (Lipinski definition) is 2. The predicted octanol–water partition coefficient (Wildman–Crippen LogP) is 4.97. The highest BCUT2D eigenvalue weighted by Gasteiger charge is 2.31. The molecule has 0 atom stereocenters. The molecule has 0 bridgehead atoms. The lowest BCUT2D eigenvalue weighted by Crippen LogP contribution is -2.42. The third-order valence-corrected chi connectivity index (χ3v) is 7.37. The van der Waals surface area contributed by atoms with Gasteiger partial charge in [0.25, 0.3) is 5.91 Å². The van der Waals surface area contributed by atoms with Gasteiger partial charge in [0.15, 0.2) is 5.13 Å². The molecule has 180 valence electrons. The SMILES string of the molecule is O=C(O)CN(C(=O)c1csc(NC(=O)OCC2c3ccccc3-c3ccccc32)n1)C1CCCC1. The number of carbonyl (C=O) groups is 3. The second kappa shape index (κ2) is 9.87. The summed E-state index contributed by atoms with van der Waals surface area (Å²) in [6.07, 6.45) is 2.86. The van der Waals surface area contributed by atoms with E-state index in [1.807, 2.05) is 36.4 Å². The number of aliphatic carboxylic acids is 1. The highest BCUT2D eigenvalue weighted by molar-refractivity contribution is 7.14. The van der Waals surface area contributed by atoms with Gasteiger partial charge in [-0.3, -0.25) is 14.9 Å². The van der Waals surface area contributed by atoms with Crippen molar-refractivity contribution in [1.82, 2.24) is 9.88 Å². The summed E-state index contributed by atoms with van der Waals surface area (Å²) in [7, 11) is 0. The van der Waals surface area contributed by atoms with Gasteiger partial charge in [-0.1, -0.05) is 61.4 Å². The summed E-state index contributed by atoms with van der Waals surface area (Å²) in [6.45, 7) is -0.193. The first-order valence-electron chi connectivity index (χ1n) is 11.6. The molecule has 3 aromatic rings. The van der Waals surface area contributed by atoms with Crippen molar-refractivity contribution in [3.8, 4) is 11.1 Å². The molecule has 1 fully saturated rings. The molecule has 2 aliphatic carbocycles. The molecule has 2 N–H and O–H groups in total. The Morgan fingerprint density at radius 1 is 1.03 bits per heavy atom. The number of nitrogens with zero attached hydrogens (tertiary/aromatic N) is 2. The molecule has 9 heteroatoms. The average molecular weight is 492 g/mol. The smallest absolute Gasteiger partial charge is 0.413 e. The minimum atomic E-state index is -1.06. The Balaban J connectivity index is 1.23. The van der Waals surface area contributed by atoms with Crippen LogP contribution in [0.5, 0.6) is 0 Å². The lowest BCUT2D eigenvalue weighted by atomic mass is 9.98. The van der Waals surface area contributed by atoms with Crippen molar-refractivity contribution in [2.75, 3.05) is 18.5 Å². The van der Waals surface area contributed by atoms with Gasteiger partial charge in [-0.05, 0) is 35.1 Å². The molecule has 2 amide bonds. The van der Waals surface area contributed by atoms with E-state index in [0.717, 1.165) is 59.3 Å². The monoisotopic (exact) mass is 491 g/mol. The number of thiazole rings is 1. The molecular weight excluding hydrogens is 466 g/mol. The van der Waals surface area contributed by atoms with E-state index in [1.165, 1.54) is 10.3 Å². The topological polar surface area (TPSA) is 109 Å². The first kappa shape index (κ1) is 23.0. The van der Waals surface area contributed by atoms with E-state index in [1.54, 1.807) is 0 Å². The number of rotatable bonds is 7. The average Bonchev–Trinajstić information content (AvgIpc) is 3.60. The van der Waals surface area contributed by atoms with Crippen LogP contribution >= 0.6 is 11.3 Å². The number of aromatic nitrogens is 1. The molecule has 8 nitrogen and oxygen atoms in total. The van der Waals surface area contributed by atoms with E-state index in [2.05, 4.69) is 22.4 Å².